The lowest BCUT2D eigenvalue weighted by Crippen LogP contribution is -2.30. The molecule has 6 aromatic rings. The van der Waals surface area contributed by atoms with E-state index in [-0.39, 0.29) is 0 Å². The Kier molecular flexibility index (Phi) is 5.18. The van der Waals surface area contributed by atoms with Crippen molar-refractivity contribution in [2.24, 2.45) is 0 Å². The number of hydrogen-bond acceptors (Lipinski definition) is 4. The van der Waals surface area contributed by atoms with Crippen molar-refractivity contribution < 1.29 is 0 Å². The largest absolute Gasteiger partial charge is 0.402 e. The number of aromatic nitrogens is 2. The fraction of sp³-hybridized carbons (Fsp3) is 0. The van der Waals surface area contributed by atoms with Crippen molar-refractivity contribution in [3.05, 3.63) is 134 Å². The summed E-state index contributed by atoms with van der Waals surface area (Å²) >= 11 is 0. The van der Waals surface area contributed by atoms with E-state index in [1.807, 2.05) is 54.1 Å². The molecule has 1 radical (unpaired) electrons. The first-order valence-corrected chi connectivity index (χ1v) is 12.3. The van der Waals surface area contributed by atoms with Crippen LogP contribution in [0.3, 0.4) is 0 Å². The molecular weight excluding hydrogens is 451 g/mol. The van der Waals surface area contributed by atoms with Crippen LogP contribution in [0.1, 0.15) is 0 Å². The predicted octanol–water partition coefficient (Wildman–Crippen LogP) is 7.45. The van der Waals surface area contributed by atoms with Gasteiger partial charge in [0.25, 0.3) is 0 Å². The fourth-order valence-corrected chi connectivity index (χ4v) is 4.78. The topological polar surface area (TPSA) is 32.3 Å². The summed E-state index contributed by atoms with van der Waals surface area (Å²) in [7, 11) is 2.00. The lowest BCUT2D eigenvalue weighted by atomic mass is 10.0. The summed E-state index contributed by atoms with van der Waals surface area (Å²) in [6.07, 6.45) is 7.86. The van der Waals surface area contributed by atoms with Crippen LogP contribution in [-0.4, -0.2) is 17.5 Å². The lowest BCUT2D eigenvalue weighted by Gasteiger charge is -2.18. The molecule has 0 amide bonds. The van der Waals surface area contributed by atoms with Crippen LogP contribution < -0.4 is 9.62 Å². The van der Waals surface area contributed by atoms with Crippen LogP contribution in [0, 0.1) is 0 Å². The van der Waals surface area contributed by atoms with Gasteiger partial charge in [-0.2, -0.15) is 0 Å². The minimum atomic E-state index is 0.857. The van der Waals surface area contributed by atoms with E-state index in [0.717, 1.165) is 33.9 Å². The second-order valence-electron chi connectivity index (χ2n) is 9.16. The van der Waals surface area contributed by atoms with E-state index in [4.69, 9.17) is 9.97 Å². The summed E-state index contributed by atoms with van der Waals surface area (Å²) < 4.78 is 0. The van der Waals surface area contributed by atoms with E-state index in [1.165, 1.54) is 21.5 Å². The summed E-state index contributed by atoms with van der Waals surface area (Å²) in [5.41, 5.74) is 4.52. The molecule has 37 heavy (non-hydrogen) atoms. The molecule has 0 bridgehead atoms. The van der Waals surface area contributed by atoms with Gasteiger partial charge in [-0.25, -0.2) is 9.97 Å². The molecule has 0 unspecified atom stereocenters. The van der Waals surface area contributed by atoms with Gasteiger partial charge in [0.15, 0.2) is 0 Å². The van der Waals surface area contributed by atoms with Crippen LogP contribution in [0.15, 0.2) is 134 Å². The summed E-state index contributed by atoms with van der Waals surface area (Å²) in [4.78, 5) is 13.4. The Morgan fingerprint density at radius 2 is 0.865 bits per heavy atom. The molecule has 3 heterocycles. The number of fused-ring (bicyclic) bond motifs is 2. The molecular formula is C32H22BN4. The third-order valence-corrected chi connectivity index (χ3v) is 6.83. The van der Waals surface area contributed by atoms with E-state index in [0.29, 0.717) is 0 Å². The van der Waals surface area contributed by atoms with Crippen molar-refractivity contribution in [1.82, 2.24) is 9.97 Å². The Morgan fingerprint density at radius 3 is 1.30 bits per heavy atom. The molecule has 2 aromatic heterocycles. The number of anilines is 2. The van der Waals surface area contributed by atoms with Gasteiger partial charge in [-0.05, 0) is 69.1 Å². The maximum Gasteiger partial charge on any atom is 0.402 e. The molecule has 1 aliphatic rings. The monoisotopic (exact) mass is 473 g/mol. The Balaban J connectivity index is 1.06. The highest BCUT2D eigenvalue weighted by atomic mass is 15.3. The number of benzene rings is 4. The van der Waals surface area contributed by atoms with Crippen molar-refractivity contribution in [3.63, 3.8) is 0 Å². The summed E-state index contributed by atoms with van der Waals surface area (Å²) in [6.45, 7) is 0. The highest BCUT2D eigenvalue weighted by Crippen LogP contribution is 2.28. The minimum Gasteiger partial charge on any atom is -0.358 e. The molecule has 0 N–H and O–H groups in total. The minimum absolute atomic E-state index is 0.857. The van der Waals surface area contributed by atoms with Crippen LogP contribution in [0.2, 0.25) is 0 Å². The van der Waals surface area contributed by atoms with Crippen LogP contribution in [-0.2, 0) is 0 Å². The van der Waals surface area contributed by atoms with Gasteiger partial charge in [0, 0.05) is 35.9 Å². The van der Waals surface area contributed by atoms with E-state index in [9.17, 15) is 0 Å². The van der Waals surface area contributed by atoms with Crippen molar-refractivity contribution in [3.8, 4) is 22.3 Å². The average molecular weight is 473 g/mol. The molecule has 0 saturated heterocycles. The SMILES string of the molecule is [B]1N(c2ccc(-c3ccc4ccccc4c3)cn2)C=CN1c1ccc(-c2ccc3ccccc3c2)cn1. The van der Waals surface area contributed by atoms with Gasteiger partial charge in [0.05, 0.1) is 0 Å². The van der Waals surface area contributed by atoms with Gasteiger partial charge in [-0.15, -0.1) is 0 Å². The van der Waals surface area contributed by atoms with Crippen molar-refractivity contribution in [1.29, 1.82) is 0 Å². The summed E-state index contributed by atoms with van der Waals surface area (Å²) in [5.74, 6) is 1.71. The maximum absolute atomic E-state index is 4.72. The average Bonchev–Trinajstić information content (AvgIpc) is 3.47. The highest BCUT2D eigenvalue weighted by molar-refractivity contribution is 6.49. The summed E-state index contributed by atoms with van der Waals surface area (Å²) in [6, 6.07) is 38.2. The van der Waals surface area contributed by atoms with Crippen molar-refractivity contribution in [2.75, 3.05) is 9.62 Å². The van der Waals surface area contributed by atoms with Gasteiger partial charge >= 0.3 is 7.55 Å². The lowest BCUT2D eigenvalue weighted by molar-refractivity contribution is 1.23. The second-order valence-corrected chi connectivity index (χ2v) is 9.16. The Hall–Kier alpha value is -4.90. The smallest absolute Gasteiger partial charge is 0.358 e. The van der Waals surface area contributed by atoms with Gasteiger partial charge in [-0.1, -0.05) is 72.8 Å². The molecule has 4 nitrogen and oxygen atoms in total. The molecule has 1 aliphatic heterocycles. The fourth-order valence-electron chi connectivity index (χ4n) is 4.78. The van der Waals surface area contributed by atoms with Crippen LogP contribution in [0.5, 0.6) is 0 Å². The first kappa shape index (κ1) is 21.4. The zero-order valence-electron chi connectivity index (χ0n) is 20.1. The van der Waals surface area contributed by atoms with Gasteiger partial charge in [-0.3, -0.25) is 0 Å². The quantitative estimate of drug-likeness (QED) is 0.249. The number of rotatable bonds is 4. The van der Waals surface area contributed by atoms with Crippen LogP contribution >= 0.6 is 0 Å². The molecule has 5 heteroatoms. The van der Waals surface area contributed by atoms with Crippen molar-refractivity contribution >= 4 is 40.7 Å². The predicted molar refractivity (Wildman–Crippen MR) is 154 cm³/mol. The van der Waals surface area contributed by atoms with Crippen molar-refractivity contribution in [2.45, 2.75) is 0 Å². The molecule has 4 aromatic carbocycles. The van der Waals surface area contributed by atoms with E-state index in [1.54, 1.807) is 0 Å². The molecule has 0 fully saturated rings. The summed E-state index contributed by atoms with van der Waals surface area (Å²) in [5, 5.41) is 4.95. The van der Waals surface area contributed by atoms with E-state index in [2.05, 4.69) is 97.1 Å². The van der Waals surface area contributed by atoms with Crippen LogP contribution in [0.25, 0.3) is 43.8 Å². The first-order valence-electron chi connectivity index (χ1n) is 12.3. The molecule has 0 saturated carbocycles. The van der Waals surface area contributed by atoms with E-state index < -0.39 is 0 Å². The number of pyridine rings is 2. The van der Waals surface area contributed by atoms with Gasteiger partial charge < -0.3 is 9.62 Å². The number of nitrogens with zero attached hydrogens (tertiary/aromatic N) is 4. The third kappa shape index (κ3) is 4.11. The standard InChI is InChI=1S/C32H22BN4/c1-3-7-25-19-27(11-9-23(25)5-1)29-13-15-31(34-21-29)36-17-18-37(33-36)32-16-14-30(22-35-32)28-12-10-24-6-2-4-8-26(24)20-28/h1-22H. The molecule has 7 rings (SSSR count). The molecule has 0 aliphatic carbocycles. The Morgan fingerprint density at radius 1 is 0.432 bits per heavy atom. The molecule has 173 valence electrons. The zero-order valence-corrected chi connectivity index (χ0v) is 20.1. The number of hydrogen-bond donors (Lipinski definition) is 0. The highest BCUT2D eigenvalue weighted by Gasteiger charge is 2.20. The zero-order chi connectivity index (χ0) is 24.6. The van der Waals surface area contributed by atoms with Gasteiger partial charge in [0.2, 0.25) is 0 Å². The van der Waals surface area contributed by atoms with E-state index >= 15 is 0 Å². The first-order chi connectivity index (χ1) is 18.3. The second kappa shape index (κ2) is 8.96. The molecule has 0 atom stereocenters. The van der Waals surface area contributed by atoms with Crippen LogP contribution in [0.4, 0.5) is 11.6 Å². The van der Waals surface area contributed by atoms with Gasteiger partial charge in [0.1, 0.15) is 11.6 Å². The Labute approximate surface area is 216 Å². The maximum atomic E-state index is 4.72. The molecule has 0 spiro atoms. The Bertz CT molecular complexity index is 1630. The normalized spacial score (nSPS) is 12.9. The third-order valence-electron chi connectivity index (χ3n) is 6.83.